The van der Waals surface area contributed by atoms with Crippen LogP contribution in [0.3, 0.4) is 0 Å². The molecule has 1 atom stereocenters. The van der Waals surface area contributed by atoms with E-state index in [9.17, 15) is 18.0 Å². The van der Waals surface area contributed by atoms with Crippen LogP contribution in [0, 0.1) is 0 Å². The third-order valence-corrected chi connectivity index (χ3v) is 4.06. The molecule has 0 fully saturated rings. The minimum Gasteiger partial charge on any atom is -0.347 e. The lowest BCUT2D eigenvalue weighted by molar-refractivity contribution is -0.124. The summed E-state index contributed by atoms with van der Waals surface area (Å²) in [5, 5.41) is 4.94. The van der Waals surface area contributed by atoms with Crippen LogP contribution in [-0.2, 0) is 19.6 Å². The van der Waals surface area contributed by atoms with Crippen LogP contribution in [0.25, 0.3) is 0 Å². The molecule has 0 heterocycles. The van der Waals surface area contributed by atoms with Crippen molar-refractivity contribution in [3.8, 4) is 0 Å². The first-order valence-corrected chi connectivity index (χ1v) is 8.08. The summed E-state index contributed by atoms with van der Waals surface area (Å²) in [5.74, 6) is -0.784. The maximum absolute atomic E-state index is 11.7. The van der Waals surface area contributed by atoms with Gasteiger partial charge in [-0.25, -0.2) is 13.1 Å². The van der Waals surface area contributed by atoms with Gasteiger partial charge in [-0.3, -0.25) is 9.59 Å². The molecule has 1 rings (SSSR count). The lowest BCUT2D eigenvalue weighted by Crippen LogP contribution is -2.35. The number of amides is 2. The van der Waals surface area contributed by atoms with Crippen LogP contribution >= 0.6 is 0 Å². The number of benzene rings is 1. The number of rotatable bonds is 7. The fourth-order valence-electron chi connectivity index (χ4n) is 1.61. The lowest BCUT2D eigenvalue weighted by atomic mass is 10.2. The zero-order valence-electron chi connectivity index (χ0n) is 12.4. The number of nitrogens with two attached hydrogens (primary N) is 1. The molecule has 0 saturated carbocycles. The van der Waals surface area contributed by atoms with Crippen LogP contribution in [0.5, 0.6) is 0 Å². The van der Waals surface area contributed by atoms with E-state index in [4.69, 9.17) is 5.73 Å². The second kappa shape index (κ2) is 7.87. The van der Waals surface area contributed by atoms with Gasteiger partial charge >= 0.3 is 0 Å². The summed E-state index contributed by atoms with van der Waals surface area (Å²) in [5.41, 5.74) is 5.79. The molecule has 122 valence electrons. The largest absolute Gasteiger partial charge is 0.347 e. The second-order valence-electron chi connectivity index (χ2n) is 4.74. The second-order valence-corrected chi connectivity index (χ2v) is 6.63. The Morgan fingerprint density at radius 3 is 2.55 bits per heavy atom. The molecule has 1 unspecified atom stereocenters. The molecule has 9 heteroatoms. The minimum absolute atomic E-state index is 0.0359. The van der Waals surface area contributed by atoms with Gasteiger partial charge < -0.3 is 16.4 Å². The van der Waals surface area contributed by atoms with E-state index in [1.54, 1.807) is 13.0 Å². The zero-order valence-corrected chi connectivity index (χ0v) is 13.2. The summed E-state index contributed by atoms with van der Waals surface area (Å²) in [7, 11) is -2.28. The van der Waals surface area contributed by atoms with Crippen molar-refractivity contribution in [3.63, 3.8) is 0 Å². The topological polar surface area (TPSA) is 130 Å². The van der Waals surface area contributed by atoms with Crippen molar-refractivity contribution >= 4 is 27.5 Å². The van der Waals surface area contributed by atoms with Crippen LogP contribution in [0.15, 0.2) is 29.2 Å². The summed E-state index contributed by atoms with van der Waals surface area (Å²) in [6, 6.07) is 5.51. The molecule has 0 aliphatic rings. The molecular formula is C13H20N4O4S. The van der Waals surface area contributed by atoms with E-state index in [0.29, 0.717) is 5.69 Å². The van der Waals surface area contributed by atoms with Crippen LogP contribution < -0.4 is 21.1 Å². The Morgan fingerprint density at radius 1 is 1.27 bits per heavy atom. The van der Waals surface area contributed by atoms with Gasteiger partial charge in [-0.15, -0.1) is 0 Å². The molecular weight excluding hydrogens is 308 g/mol. The van der Waals surface area contributed by atoms with Gasteiger partial charge in [0.25, 0.3) is 0 Å². The quantitative estimate of drug-likeness (QED) is 0.530. The Balaban J connectivity index is 2.62. The normalized spacial score (nSPS) is 12.5. The standard InChI is InChI=1S/C13H20N4O4S/c1-9(14)6-12(18)16-8-13(19)17-10-4-3-5-11(7-10)22(20,21)15-2/h3-5,7,9,15H,6,8,14H2,1-2H3,(H,16,18)(H,17,19). The van der Waals surface area contributed by atoms with Crippen molar-refractivity contribution in [2.45, 2.75) is 24.3 Å². The number of sulfonamides is 1. The summed E-state index contributed by atoms with van der Waals surface area (Å²) in [6.45, 7) is 1.47. The first kappa shape index (κ1) is 18.1. The fourth-order valence-corrected chi connectivity index (χ4v) is 2.38. The summed E-state index contributed by atoms with van der Waals surface area (Å²) in [6.07, 6.45) is 0.128. The number of carbonyl (C=O) groups excluding carboxylic acids is 2. The predicted octanol–water partition coefficient (Wildman–Crippen LogP) is -0.613. The molecule has 0 spiro atoms. The van der Waals surface area contributed by atoms with E-state index < -0.39 is 15.9 Å². The lowest BCUT2D eigenvalue weighted by Gasteiger charge is -2.09. The molecule has 0 saturated heterocycles. The van der Waals surface area contributed by atoms with Gasteiger partial charge in [-0.1, -0.05) is 6.07 Å². The fraction of sp³-hybridized carbons (Fsp3) is 0.385. The number of hydrogen-bond donors (Lipinski definition) is 4. The monoisotopic (exact) mass is 328 g/mol. The molecule has 8 nitrogen and oxygen atoms in total. The number of nitrogens with one attached hydrogen (secondary N) is 3. The van der Waals surface area contributed by atoms with Crippen LogP contribution in [0.2, 0.25) is 0 Å². The van der Waals surface area contributed by atoms with Crippen LogP contribution in [-0.4, -0.2) is 39.9 Å². The maximum atomic E-state index is 11.7. The van der Waals surface area contributed by atoms with E-state index in [1.165, 1.54) is 25.2 Å². The smallest absolute Gasteiger partial charge is 0.243 e. The zero-order chi connectivity index (χ0) is 16.8. The third kappa shape index (κ3) is 5.80. The first-order valence-electron chi connectivity index (χ1n) is 6.60. The van der Waals surface area contributed by atoms with Crippen molar-refractivity contribution < 1.29 is 18.0 Å². The summed E-state index contributed by atoms with van der Waals surface area (Å²) < 4.78 is 25.5. The molecule has 22 heavy (non-hydrogen) atoms. The van der Waals surface area contributed by atoms with Crippen molar-refractivity contribution in [3.05, 3.63) is 24.3 Å². The Labute approximate surface area is 129 Å². The molecule has 0 aliphatic carbocycles. The number of hydrogen-bond acceptors (Lipinski definition) is 5. The Kier molecular flexibility index (Phi) is 6.47. The van der Waals surface area contributed by atoms with Gasteiger partial charge in [-0.2, -0.15) is 0 Å². The van der Waals surface area contributed by atoms with Crippen LogP contribution in [0.1, 0.15) is 13.3 Å². The van der Waals surface area contributed by atoms with E-state index in [0.717, 1.165) is 0 Å². The highest BCUT2D eigenvalue weighted by molar-refractivity contribution is 7.89. The molecule has 1 aromatic carbocycles. The predicted molar refractivity (Wildman–Crippen MR) is 82.6 cm³/mol. The van der Waals surface area contributed by atoms with Gasteiger partial charge in [-0.05, 0) is 32.2 Å². The minimum atomic E-state index is -3.58. The highest BCUT2D eigenvalue weighted by Crippen LogP contribution is 2.14. The Bertz CT molecular complexity index is 643. The molecule has 5 N–H and O–H groups in total. The molecule has 2 amide bonds. The summed E-state index contributed by atoms with van der Waals surface area (Å²) in [4.78, 5) is 23.1. The molecule has 0 aromatic heterocycles. The van der Waals surface area contributed by atoms with Gasteiger partial charge in [0, 0.05) is 18.2 Å². The maximum Gasteiger partial charge on any atom is 0.243 e. The van der Waals surface area contributed by atoms with Gasteiger partial charge in [0.1, 0.15) is 0 Å². The van der Waals surface area contributed by atoms with E-state index in [1.807, 2.05) is 0 Å². The highest BCUT2D eigenvalue weighted by atomic mass is 32.2. The molecule has 1 aromatic rings. The average molecular weight is 328 g/mol. The van der Waals surface area contributed by atoms with E-state index in [2.05, 4.69) is 15.4 Å². The van der Waals surface area contributed by atoms with Crippen molar-refractivity contribution in [1.82, 2.24) is 10.0 Å². The van der Waals surface area contributed by atoms with Gasteiger partial charge in [0.15, 0.2) is 0 Å². The summed E-state index contributed by atoms with van der Waals surface area (Å²) >= 11 is 0. The number of anilines is 1. The third-order valence-electron chi connectivity index (χ3n) is 2.65. The van der Waals surface area contributed by atoms with Crippen LogP contribution in [0.4, 0.5) is 5.69 Å². The van der Waals surface area contributed by atoms with Crippen molar-refractivity contribution in [1.29, 1.82) is 0 Å². The van der Waals surface area contributed by atoms with E-state index in [-0.39, 0.29) is 29.8 Å². The van der Waals surface area contributed by atoms with Gasteiger partial charge in [0.2, 0.25) is 21.8 Å². The highest BCUT2D eigenvalue weighted by Gasteiger charge is 2.12. The molecule has 0 bridgehead atoms. The van der Waals surface area contributed by atoms with Crippen molar-refractivity contribution in [2.24, 2.45) is 5.73 Å². The Morgan fingerprint density at radius 2 is 1.95 bits per heavy atom. The average Bonchev–Trinajstić information content (AvgIpc) is 2.45. The number of carbonyl (C=O) groups is 2. The van der Waals surface area contributed by atoms with Gasteiger partial charge in [0.05, 0.1) is 11.4 Å². The first-order chi connectivity index (χ1) is 10.2. The molecule has 0 radical (unpaired) electrons. The van der Waals surface area contributed by atoms with E-state index >= 15 is 0 Å². The van der Waals surface area contributed by atoms with Crippen molar-refractivity contribution in [2.75, 3.05) is 18.9 Å². The SMILES string of the molecule is CNS(=O)(=O)c1cccc(NC(=O)CNC(=O)CC(C)N)c1. The molecule has 0 aliphatic heterocycles. The Hall–Kier alpha value is -1.97.